The Morgan fingerprint density at radius 2 is 1.71 bits per heavy atom. The molecule has 0 spiro atoms. The number of aromatic nitrogens is 2. The van der Waals surface area contributed by atoms with Crippen LogP contribution in [0, 0.1) is 6.92 Å². The first kappa shape index (κ1) is 11.9. The molecular weight excluding hydrogens is 264 g/mol. The molecule has 4 nitrogen and oxygen atoms in total. The molecule has 0 bridgehead atoms. The molecule has 4 aromatic rings. The van der Waals surface area contributed by atoms with Gasteiger partial charge in [0.25, 0.3) is 5.56 Å². The summed E-state index contributed by atoms with van der Waals surface area (Å²) in [4.78, 5) is 12.9. The predicted octanol–water partition coefficient (Wildman–Crippen LogP) is 3.44. The van der Waals surface area contributed by atoms with Crippen molar-refractivity contribution in [3.8, 4) is 5.69 Å². The maximum absolute atomic E-state index is 12.9. The van der Waals surface area contributed by atoms with E-state index in [1.165, 1.54) is 0 Å². The van der Waals surface area contributed by atoms with E-state index in [-0.39, 0.29) is 5.56 Å². The number of para-hydroxylation sites is 2. The second-order valence-corrected chi connectivity index (χ2v) is 4.97. The topological polar surface area (TPSA) is 48.0 Å². The molecule has 0 aliphatic rings. The van der Waals surface area contributed by atoms with Crippen molar-refractivity contribution in [1.29, 1.82) is 0 Å². The summed E-state index contributed by atoms with van der Waals surface area (Å²) < 4.78 is 7.08. The Morgan fingerprint density at radius 1 is 1.00 bits per heavy atom. The highest BCUT2D eigenvalue weighted by Gasteiger charge is 2.17. The number of pyridine rings is 1. The van der Waals surface area contributed by atoms with Gasteiger partial charge in [0.1, 0.15) is 5.39 Å². The zero-order valence-corrected chi connectivity index (χ0v) is 11.4. The zero-order chi connectivity index (χ0) is 14.4. The molecule has 0 aliphatic carbocycles. The predicted molar refractivity (Wildman–Crippen MR) is 81.8 cm³/mol. The zero-order valence-electron chi connectivity index (χ0n) is 11.4. The van der Waals surface area contributed by atoms with Crippen molar-refractivity contribution < 1.29 is 4.52 Å². The molecular formula is C17H12N2O2. The Bertz CT molecular complexity index is 1010. The van der Waals surface area contributed by atoms with E-state index < -0.39 is 0 Å². The number of rotatable bonds is 1. The molecule has 0 radical (unpaired) electrons. The molecule has 0 saturated heterocycles. The Hall–Kier alpha value is -2.88. The summed E-state index contributed by atoms with van der Waals surface area (Å²) in [6.45, 7) is 1.79. The third-order valence-electron chi connectivity index (χ3n) is 3.68. The van der Waals surface area contributed by atoms with Gasteiger partial charge in [-0.05, 0) is 31.2 Å². The van der Waals surface area contributed by atoms with Crippen molar-refractivity contribution in [2.75, 3.05) is 0 Å². The van der Waals surface area contributed by atoms with Crippen LogP contribution in [0.1, 0.15) is 5.69 Å². The largest absolute Gasteiger partial charge is 0.355 e. The SMILES string of the molecule is Cc1noc2c1c(=O)n(-c1ccccc1)c1ccccc21. The molecule has 0 N–H and O–H groups in total. The number of hydrogen-bond donors (Lipinski definition) is 0. The molecule has 4 heteroatoms. The van der Waals surface area contributed by atoms with Crippen molar-refractivity contribution in [3.05, 3.63) is 70.6 Å². The van der Waals surface area contributed by atoms with Crippen LogP contribution in [-0.2, 0) is 0 Å². The minimum atomic E-state index is -0.103. The lowest BCUT2D eigenvalue weighted by atomic mass is 10.1. The van der Waals surface area contributed by atoms with Crippen molar-refractivity contribution in [2.45, 2.75) is 6.92 Å². The normalized spacial score (nSPS) is 11.3. The standard InChI is InChI=1S/C17H12N2O2/c1-11-15-16(21-18-11)13-9-5-6-10-14(13)19(17(15)20)12-7-3-2-4-8-12/h2-10H,1H3. The number of hydrogen-bond acceptors (Lipinski definition) is 3. The number of aryl methyl sites for hydroxylation is 1. The van der Waals surface area contributed by atoms with Gasteiger partial charge in [-0.1, -0.05) is 35.5 Å². The molecule has 102 valence electrons. The summed E-state index contributed by atoms with van der Waals surface area (Å²) in [5.74, 6) is 0. The lowest BCUT2D eigenvalue weighted by Crippen LogP contribution is -2.19. The highest BCUT2D eigenvalue weighted by Crippen LogP contribution is 2.26. The van der Waals surface area contributed by atoms with Gasteiger partial charge in [0.05, 0.1) is 11.2 Å². The van der Waals surface area contributed by atoms with Crippen LogP contribution in [0.25, 0.3) is 27.6 Å². The maximum Gasteiger partial charge on any atom is 0.268 e. The van der Waals surface area contributed by atoms with E-state index in [0.717, 1.165) is 16.6 Å². The molecule has 4 rings (SSSR count). The van der Waals surface area contributed by atoms with Crippen LogP contribution in [0.15, 0.2) is 63.9 Å². The van der Waals surface area contributed by atoms with E-state index in [1.54, 1.807) is 11.5 Å². The first-order chi connectivity index (χ1) is 10.3. The summed E-state index contributed by atoms with van der Waals surface area (Å²) in [6, 6.07) is 17.3. The first-order valence-corrected chi connectivity index (χ1v) is 6.72. The second kappa shape index (κ2) is 4.31. The summed E-state index contributed by atoms with van der Waals surface area (Å²) in [5.41, 5.74) is 2.72. The average Bonchev–Trinajstić information content (AvgIpc) is 2.91. The quantitative estimate of drug-likeness (QED) is 0.535. The highest BCUT2D eigenvalue weighted by atomic mass is 16.5. The fraction of sp³-hybridized carbons (Fsp3) is 0.0588. The van der Waals surface area contributed by atoms with E-state index in [2.05, 4.69) is 5.16 Å². The molecule has 0 fully saturated rings. The molecule has 2 aromatic carbocycles. The number of nitrogens with zero attached hydrogens (tertiary/aromatic N) is 2. The van der Waals surface area contributed by atoms with Crippen LogP contribution in [0.5, 0.6) is 0 Å². The fourth-order valence-electron chi connectivity index (χ4n) is 2.72. The molecule has 2 aromatic heterocycles. The molecule has 0 atom stereocenters. The summed E-state index contributed by atoms with van der Waals surface area (Å²) in [5, 5.41) is 5.38. The number of fused-ring (bicyclic) bond motifs is 3. The fourth-order valence-corrected chi connectivity index (χ4v) is 2.72. The van der Waals surface area contributed by atoms with Crippen LogP contribution in [0.3, 0.4) is 0 Å². The van der Waals surface area contributed by atoms with Crippen LogP contribution in [-0.4, -0.2) is 9.72 Å². The van der Waals surface area contributed by atoms with Crippen LogP contribution in [0.4, 0.5) is 0 Å². The Balaban J connectivity index is 2.30. The van der Waals surface area contributed by atoms with E-state index in [1.807, 2.05) is 54.6 Å². The van der Waals surface area contributed by atoms with E-state index in [9.17, 15) is 4.79 Å². The van der Waals surface area contributed by atoms with E-state index in [4.69, 9.17) is 4.52 Å². The van der Waals surface area contributed by atoms with Crippen LogP contribution < -0.4 is 5.56 Å². The Kier molecular flexibility index (Phi) is 2.44. The van der Waals surface area contributed by atoms with Gasteiger partial charge in [-0.25, -0.2) is 0 Å². The van der Waals surface area contributed by atoms with Crippen molar-refractivity contribution >= 4 is 21.9 Å². The molecule has 21 heavy (non-hydrogen) atoms. The minimum Gasteiger partial charge on any atom is -0.355 e. The molecule has 2 heterocycles. The van der Waals surface area contributed by atoms with Crippen molar-refractivity contribution in [1.82, 2.24) is 9.72 Å². The molecule has 0 unspecified atom stereocenters. The monoisotopic (exact) mass is 276 g/mol. The molecule has 0 saturated carbocycles. The van der Waals surface area contributed by atoms with Crippen LogP contribution >= 0.6 is 0 Å². The lowest BCUT2D eigenvalue weighted by Gasteiger charge is -2.10. The van der Waals surface area contributed by atoms with Gasteiger partial charge in [-0.3, -0.25) is 9.36 Å². The first-order valence-electron chi connectivity index (χ1n) is 6.72. The van der Waals surface area contributed by atoms with Gasteiger partial charge in [0, 0.05) is 11.1 Å². The lowest BCUT2D eigenvalue weighted by molar-refractivity contribution is 0.452. The van der Waals surface area contributed by atoms with Crippen molar-refractivity contribution in [2.24, 2.45) is 0 Å². The average molecular weight is 276 g/mol. The van der Waals surface area contributed by atoms with Gasteiger partial charge in [-0.15, -0.1) is 0 Å². The smallest absolute Gasteiger partial charge is 0.268 e. The summed E-state index contributed by atoms with van der Waals surface area (Å²) >= 11 is 0. The minimum absolute atomic E-state index is 0.103. The Morgan fingerprint density at radius 3 is 2.52 bits per heavy atom. The van der Waals surface area contributed by atoms with Gasteiger partial charge in [-0.2, -0.15) is 0 Å². The summed E-state index contributed by atoms with van der Waals surface area (Å²) in [7, 11) is 0. The third kappa shape index (κ3) is 1.62. The summed E-state index contributed by atoms with van der Waals surface area (Å²) in [6.07, 6.45) is 0. The molecule has 0 aliphatic heterocycles. The van der Waals surface area contributed by atoms with E-state index >= 15 is 0 Å². The van der Waals surface area contributed by atoms with Gasteiger partial charge >= 0.3 is 0 Å². The van der Waals surface area contributed by atoms with Gasteiger partial charge < -0.3 is 4.52 Å². The highest BCUT2D eigenvalue weighted by molar-refractivity contribution is 6.03. The third-order valence-corrected chi connectivity index (χ3v) is 3.68. The Labute approximate surface area is 120 Å². The maximum atomic E-state index is 12.9. The second-order valence-electron chi connectivity index (χ2n) is 4.97. The van der Waals surface area contributed by atoms with E-state index in [0.29, 0.717) is 16.7 Å². The van der Waals surface area contributed by atoms with Crippen LogP contribution in [0.2, 0.25) is 0 Å². The van der Waals surface area contributed by atoms with Gasteiger partial charge in [0.2, 0.25) is 0 Å². The molecule has 0 amide bonds. The number of benzene rings is 2. The van der Waals surface area contributed by atoms with Crippen molar-refractivity contribution in [3.63, 3.8) is 0 Å². The van der Waals surface area contributed by atoms with Gasteiger partial charge in [0.15, 0.2) is 5.58 Å².